The molecule has 1 aromatic carbocycles. The molecule has 0 saturated heterocycles. The zero-order valence-electron chi connectivity index (χ0n) is 10.1. The van der Waals surface area contributed by atoms with Gasteiger partial charge in [-0.25, -0.2) is 0 Å². The van der Waals surface area contributed by atoms with E-state index in [4.69, 9.17) is 0 Å². The summed E-state index contributed by atoms with van der Waals surface area (Å²) in [6.45, 7) is 0.649. The molecule has 100 valence electrons. The Kier molecular flexibility index (Phi) is 7.35. The highest BCUT2D eigenvalue weighted by Crippen LogP contribution is 2.22. The highest BCUT2D eigenvalue weighted by atomic mass is 79.9. The Hall–Kier alpha value is -0.550. The van der Waals surface area contributed by atoms with Crippen molar-refractivity contribution < 1.29 is 9.90 Å². The number of aromatic hydroxyl groups is 1. The fourth-order valence-corrected chi connectivity index (χ4v) is 2.31. The zero-order chi connectivity index (χ0) is 13.4. The van der Waals surface area contributed by atoms with Gasteiger partial charge in [0.1, 0.15) is 5.75 Å². The van der Waals surface area contributed by atoms with Crippen LogP contribution in [0.25, 0.3) is 0 Å². The van der Waals surface area contributed by atoms with Crippen molar-refractivity contribution in [2.24, 2.45) is 0 Å². The average Bonchev–Trinajstić information content (AvgIpc) is 2.33. The first-order valence-corrected chi connectivity index (χ1v) is 7.89. The van der Waals surface area contributed by atoms with Gasteiger partial charge in [0.15, 0.2) is 0 Å². The highest BCUT2D eigenvalue weighted by Gasteiger charge is 2.10. The number of phenolic OH excluding ortho intramolecular Hbond substituents is 1. The molecule has 0 aliphatic heterocycles. The summed E-state index contributed by atoms with van der Waals surface area (Å²) in [6, 6.07) is 4.87. The Balaban J connectivity index is 2.32. The third-order valence-corrected chi connectivity index (χ3v) is 3.60. The van der Waals surface area contributed by atoms with E-state index in [1.165, 1.54) is 18.9 Å². The molecular formula is C13H17Br2NO2. The van der Waals surface area contributed by atoms with E-state index in [9.17, 15) is 9.90 Å². The van der Waals surface area contributed by atoms with Crippen LogP contribution >= 0.6 is 31.9 Å². The third-order valence-electron chi connectivity index (χ3n) is 2.55. The normalized spacial score (nSPS) is 10.3. The minimum absolute atomic E-state index is 0.00108. The molecule has 18 heavy (non-hydrogen) atoms. The standard InChI is InChI=1S/C13H17Br2NO2/c14-7-3-1-2-4-8-16-13(18)11-6-5-10(15)9-12(11)17/h5-6,9,17H,1-4,7-8H2,(H,16,18). The van der Waals surface area contributed by atoms with Gasteiger partial charge in [0.25, 0.3) is 5.91 Å². The van der Waals surface area contributed by atoms with Gasteiger partial charge in [-0.2, -0.15) is 0 Å². The van der Waals surface area contributed by atoms with Gasteiger partial charge in [-0.1, -0.05) is 44.7 Å². The number of halogens is 2. The number of phenols is 1. The average molecular weight is 379 g/mol. The Morgan fingerprint density at radius 1 is 1.22 bits per heavy atom. The molecule has 0 bridgehead atoms. The molecule has 0 fully saturated rings. The largest absolute Gasteiger partial charge is 0.507 e. The number of hydrogen-bond acceptors (Lipinski definition) is 2. The van der Waals surface area contributed by atoms with Crippen molar-refractivity contribution in [1.29, 1.82) is 0 Å². The Morgan fingerprint density at radius 2 is 1.94 bits per heavy atom. The lowest BCUT2D eigenvalue weighted by Gasteiger charge is -2.07. The van der Waals surface area contributed by atoms with Crippen molar-refractivity contribution >= 4 is 37.8 Å². The quantitative estimate of drug-likeness (QED) is 0.559. The van der Waals surface area contributed by atoms with Crippen LogP contribution in [0, 0.1) is 0 Å². The molecule has 3 nitrogen and oxygen atoms in total. The van der Waals surface area contributed by atoms with Crippen LogP contribution in [-0.4, -0.2) is 22.9 Å². The van der Waals surface area contributed by atoms with Crippen LogP contribution in [0.3, 0.4) is 0 Å². The van der Waals surface area contributed by atoms with Gasteiger partial charge in [-0.15, -0.1) is 0 Å². The maximum absolute atomic E-state index is 11.8. The van der Waals surface area contributed by atoms with Crippen LogP contribution in [-0.2, 0) is 0 Å². The van der Waals surface area contributed by atoms with Crippen molar-refractivity contribution in [3.63, 3.8) is 0 Å². The summed E-state index contributed by atoms with van der Waals surface area (Å²) in [4.78, 5) is 11.8. The van der Waals surface area contributed by atoms with Gasteiger partial charge in [0.05, 0.1) is 5.56 Å². The van der Waals surface area contributed by atoms with E-state index in [-0.39, 0.29) is 11.7 Å². The lowest BCUT2D eigenvalue weighted by molar-refractivity contribution is 0.0950. The second-order valence-corrected chi connectivity index (χ2v) is 5.73. The number of alkyl halides is 1. The second-order valence-electron chi connectivity index (χ2n) is 4.02. The van der Waals surface area contributed by atoms with E-state index < -0.39 is 0 Å². The summed E-state index contributed by atoms with van der Waals surface area (Å²) in [7, 11) is 0. The first-order valence-electron chi connectivity index (χ1n) is 5.98. The maximum Gasteiger partial charge on any atom is 0.255 e. The second kappa shape index (κ2) is 8.53. The topological polar surface area (TPSA) is 49.3 Å². The maximum atomic E-state index is 11.8. The number of unbranched alkanes of at least 4 members (excludes halogenated alkanes) is 3. The molecule has 5 heteroatoms. The van der Waals surface area contributed by atoms with Crippen LogP contribution in [0.5, 0.6) is 5.75 Å². The summed E-state index contributed by atoms with van der Waals surface area (Å²) in [5, 5.41) is 13.5. The van der Waals surface area contributed by atoms with Crippen molar-refractivity contribution in [1.82, 2.24) is 5.32 Å². The van der Waals surface area contributed by atoms with Gasteiger partial charge in [-0.05, 0) is 31.0 Å². The first-order chi connectivity index (χ1) is 8.65. The number of rotatable bonds is 7. The molecule has 0 radical (unpaired) electrons. The summed E-state index contributed by atoms with van der Waals surface area (Å²) < 4.78 is 0.756. The highest BCUT2D eigenvalue weighted by molar-refractivity contribution is 9.10. The lowest BCUT2D eigenvalue weighted by Crippen LogP contribution is -2.24. The van der Waals surface area contributed by atoms with E-state index in [0.717, 1.165) is 22.6 Å². The minimum atomic E-state index is -0.222. The van der Waals surface area contributed by atoms with Gasteiger partial charge >= 0.3 is 0 Å². The lowest BCUT2D eigenvalue weighted by atomic mass is 10.1. The molecule has 0 unspecified atom stereocenters. The number of hydrogen-bond donors (Lipinski definition) is 2. The predicted molar refractivity (Wildman–Crippen MR) is 80.4 cm³/mol. The van der Waals surface area contributed by atoms with Crippen LogP contribution < -0.4 is 5.32 Å². The number of carbonyl (C=O) groups is 1. The molecule has 1 aromatic rings. The fourth-order valence-electron chi connectivity index (χ4n) is 1.57. The molecule has 0 aliphatic rings. The molecule has 0 heterocycles. The van der Waals surface area contributed by atoms with E-state index in [2.05, 4.69) is 37.2 Å². The van der Waals surface area contributed by atoms with Crippen molar-refractivity contribution in [2.45, 2.75) is 25.7 Å². The minimum Gasteiger partial charge on any atom is -0.507 e. The van der Waals surface area contributed by atoms with Crippen molar-refractivity contribution in [3.8, 4) is 5.75 Å². The third kappa shape index (κ3) is 5.40. The monoisotopic (exact) mass is 377 g/mol. The van der Waals surface area contributed by atoms with Crippen molar-refractivity contribution in [2.75, 3.05) is 11.9 Å². The van der Waals surface area contributed by atoms with Crippen LogP contribution in [0.2, 0.25) is 0 Å². The molecule has 0 saturated carbocycles. The summed E-state index contributed by atoms with van der Waals surface area (Å²) >= 11 is 6.62. The number of nitrogens with one attached hydrogen (secondary N) is 1. The molecule has 0 aromatic heterocycles. The van der Waals surface area contributed by atoms with E-state index >= 15 is 0 Å². The molecule has 0 spiro atoms. The number of benzene rings is 1. The van der Waals surface area contributed by atoms with Crippen LogP contribution in [0.15, 0.2) is 22.7 Å². The molecular weight excluding hydrogens is 362 g/mol. The Morgan fingerprint density at radius 3 is 2.61 bits per heavy atom. The molecule has 0 aliphatic carbocycles. The molecule has 2 N–H and O–H groups in total. The molecule has 0 atom stereocenters. The van der Waals surface area contributed by atoms with E-state index in [1.807, 2.05) is 0 Å². The number of carbonyl (C=O) groups excluding carboxylic acids is 1. The van der Waals surface area contributed by atoms with E-state index in [0.29, 0.717) is 12.1 Å². The Bertz CT molecular complexity index is 397. The first kappa shape index (κ1) is 15.5. The zero-order valence-corrected chi connectivity index (χ0v) is 13.3. The summed E-state index contributed by atoms with van der Waals surface area (Å²) in [5.41, 5.74) is 0.318. The number of amides is 1. The van der Waals surface area contributed by atoms with E-state index in [1.54, 1.807) is 12.1 Å². The van der Waals surface area contributed by atoms with Crippen molar-refractivity contribution in [3.05, 3.63) is 28.2 Å². The molecule has 1 rings (SSSR count). The summed E-state index contributed by atoms with van der Waals surface area (Å²) in [5.74, 6) is -0.221. The Labute approximate surface area is 124 Å². The van der Waals surface area contributed by atoms with Crippen LogP contribution in [0.4, 0.5) is 0 Å². The summed E-state index contributed by atoms with van der Waals surface area (Å²) in [6.07, 6.45) is 4.42. The van der Waals surface area contributed by atoms with Gasteiger partial charge in [0, 0.05) is 16.3 Å². The van der Waals surface area contributed by atoms with Gasteiger partial charge in [0.2, 0.25) is 0 Å². The van der Waals surface area contributed by atoms with Gasteiger partial charge in [-0.3, -0.25) is 4.79 Å². The van der Waals surface area contributed by atoms with Crippen LogP contribution in [0.1, 0.15) is 36.0 Å². The van der Waals surface area contributed by atoms with Gasteiger partial charge < -0.3 is 10.4 Å². The fraction of sp³-hybridized carbons (Fsp3) is 0.462. The smallest absolute Gasteiger partial charge is 0.255 e. The predicted octanol–water partition coefficient (Wildman–Crippen LogP) is 3.84. The molecule has 1 amide bonds. The SMILES string of the molecule is O=C(NCCCCCCBr)c1ccc(Br)cc1O.